The van der Waals surface area contributed by atoms with E-state index in [1.807, 2.05) is 48.5 Å². The Morgan fingerprint density at radius 3 is 1.62 bits per heavy atom. The Hall–Kier alpha value is -2.08. The van der Waals surface area contributed by atoms with Gasteiger partial charge in [0.15, 0.2) is 0 Å². The van der Waals surface area contributed by atoms with Gasteiger partial charge in [0.1, 0.15) is 30.8 Å². The smallest absolute Gasteiger partial charge is 0.119 e. The zero-order chi connectivity index (χ0) is 19.2. The molecule has 2 atom stereocenters. The number of aliphatic hydroxyl groups is 3. The fourth-order valence-electron chi connectivity index (χ4n) is 2.56. The molecule has 2 rings (SSSR count). The van der Waals surface area contributed by atoms with E-state index in [0.29, 0.717) is 5.75 Å². The molecule has 0 spiro atoms. The molecule has 0 heterocycles. The molecule has 2 aromatic rings. The summed E-state index contributed by atoms with van der Waals surface area (Å²) in [5.41, 5.74) is 2.07. The highest BCUT2D eigenvalue weighted by molar-refractivity contribution is 5.41. The van der Waals surface area contributed by atoms with Gasteiger partial charge in [0.05, 0.1) is 12.7 Å². The Morgan fingerprint density at radius 1 is 0.808 bits per heavy atom. The highest BCUT2D eigenvalue weighted by Crippen LogP contribution is 2.33. The van der Waals surface area contributed by atoms with E-state index in [4.69, 9.17) is 14.6 Å². The molecule has 142 valence electrons. The Labute approximate surface area is 154 Å². The van der Waals surface area contributed by atoms with Gasteiger partial charge >= 0.3 is 0 Å². The van der Waals surface area contributed by atoms with E-state index in [2.05, 4.69) is 13.8 Å². The summed E-state index contributed by atoms with van der Waals surface area (Å²) in [6.07, 6.45) is -1.37. The first-order valence-corrected chi connectivity index (χ1v) is 8.76. The van der Waals surface area contributed by atoms with Crippen LogP contribution in [0.25, 0.3) is 0 Å². The molecule has 0 amide bonds. The quantitative estimate of drug-likeness (QED) is 0.640. The zero-order valence-corrected chi connectivity index (χ0v) is 15.6. The van der Waals surface area contributed by atoms with Crippen molar-refractivity contribution in [2.45, 2.75) is 38.4 Å². The van der Waals surface area contributed by atoms with Gasteiger partial charge in [-0.2, -0.15) is 0 Å². The van der Waals surface area contributed by atoms with Crippen molar-refractivity contribution in [3.63, 3.8) is 0 Å². The summed E-state index contributed by atoms with van der Waals surface area (Å²) in [5.74, 6) is 1.38. The van der Waals surface area contributed by atoms with Gasteiger partial charge in [-0.15, -0.1) is 0 Å². The van der Waals surface area contributed by atoms with Crippen molar-refractivity contribution in [3.05, 3.63) is 59.7 Å². The molecule has 5 nitrogen and oxygen atoms in total. The largest absolute Gasteiger partial charge is 0.491 e. The summed E-state index contributed by atoms with van der Waals surface area (Å²) >= 11 is 0. The van der Waals surface area contributed by atoms with Gasteiger partial charge in [-0.25, -0.2) is 0 Å². The van der Waals surface area contributed by atoms with Crippen LogP contribution in [0.15, 0.2) is 48.5 Å². The number of aliphatic hydroxyl groups excluding tert-OH is 3. The third-order valence-corrected chi connectivity index (χ3v) is 4.30. The summed E-state index contributed by atoms with van der Waals surface area (Å²) in [6, 6.07) is 15.6. The molecule has 0 fully saturated rings. The Balaban J connectivity index is 2.06. The molecule has 0 saturated heterocycles. The van der Waals surface area contributed by atoms with E-state index >= 15 is 0 Å². The van der Waals surface area contributed by atoms with Gasteiger partial charge in [-0.05, 0) is 42.3 Å². The average molecular weight is 360 g/mol. The fourth-order valence-corrected chi connectivity index (χ4v) is 2.56. The van der Waals surface area contributed by atoms with E-state index in [-0.39, 0.29) is 25.2 Å². The maximum Gasteiger partial charge on any atom is 0.119 e. The van der Waals surface area contributed by atoms with Crippen LogP contribution in [-0.4, -0.2) is 47.3 Å². The molecule has 0 aliphatic carbocycles. The number of benzene rings is 2. The first-order chi connectivity index (χ1) is 12.3. The van der Waals surface area contributed by atoms with E-state index < -0.39 is 12.2 Å². The van der Waals surface area contributed by atoms with Crippen molar-refractivity contribution in [1.82, 2.24) is 0 Å². The Bertz CT molecular complexity index is 662. The fraction of sp³-hybridized carbons (Fsp3) is 0.429. The van der Waals surface area contributed by atoms with Gasteiger partial charge in [0.2, 0.25) is 0 Å². The monoisotopic (exact) mass is 360 g/mol. The van der Waals surface area contributed by atoms with Crippen molar-refractivity contribution in [2.75, 3.05) is 19.8 Å². The molecule has 5 heteroatoms. The van der Waals surface area contributed by atoms with Crippen LogP contribution in [0.5, 0.6) is 11.5 Å². The molecular formula is C21H28O5. The maximum absolute atomic E-state index is 9.34. The predicted molar refractivity (Wildman–Crippen MR) is 101 cm³/mol. The Kier molecular flexibility index (Phi) is 7.03. The van der Waals surface area contributed by atoms with Gasteiger partial charge < -0.3 is 24.8 Å². The minimum absolute atomic E-state index is 0.0627. The van der Waals surface area contributed by atoms with Gasteiger partial charge in [-0.3, -0.25) is 0 Å². The van der Waals surface area contributed by atoms with E-state index in [9.17, 15) is 10.2 Å². The number of hydrogen-bond donors (Lipinski definition) is 3. The second kappa shape index (κ2) is 9.03. The molecular weight excluding hydrogens is 332 g/mol. The van der Waals surface area contributed by atoms with Gasteiger partial charge in [0.25, 0.3) is 0 Å². The van der Waals surface area contributed by atoms with Crippen LogP contribution in [-0.2, 0) is 5.41 Å². The SMILES string of the molecule is CC(O)COc1ccc(C(C)(C)c2ccc(OCC(O)CO)cc2)cc1. The van der Waals surface area contributed by atoms with Crippen LogP contribution < -0.4 is 9.47 Å². The molecule has 0 saturated carbocycles. The van der Waals surface area contributed by atoms with Crippen molar-refractivity contribution >= 4 is 0 Å². The third-order valence-electron chi connectivity index (χ3n) is 4.30. The van der Waals surface area contributed by atoms with Crippen LogP contribution in [0.2, 0.25) is 0 Å². The molecule has 0 aromatic heterocycles. The summed E-state index contributed by atoms with van der Waals surface area (Å²) in [5, 5.41) is 27.5. The van der Waals surface area contributed by atoms with Crippen molar-refractivity contribution in [2.24, 2.45) is 0 Å². The molecule has 0 aliphatic heterocycles. The Morgan fingerprint density at radius 2 is 1.23 bits per heavy atom. The molecule has 2 aromatic carbocycles. The first kappa shape index (κ1) is 20.2. The van der Waals surface area contributed by atoms with Crippen LogP contribution in [0, 0.1) is 0 Å². The average Bonchev–Trinajstić information content (AvgIpc) is 2.65. The lowest BCUT2D eigenvalue weighted by Gasteiger charge is -2.26. The summed E-state index contributed by atoms with van der Waals surface area (Å²) < 4.78 is 11.0. The number of rotatable bonds is 9. The highest BCUT2D eigenvalue weighted by Gasteiger charge is 2.23. The maximum atomic E-state index is 9.34. The predicted octanol–water partition coefficient (Wildman–Crippen LogP) is 2.50. The summed E-state index contributed by atoms with van der Waals surface area (Å²) in [7, 11) is 0. The van der Waals surface area contributed by atoms with Crippen LogP contribution >= 0.6 is 0 Å². The van der Waals surface area contributed by atoms with Crippen molar-refractivity contribution < 1.29 is 24.8 Å². The second-order valence-electron chi connectivity index (χ2n) is 6.98. The van der Waals surface area contributed by atoms with Gasteiger partial charge in [-0.1, -0.05) is 38.1 Å². The zero-order valence-electron chi connectivity index (χ0n) is 15.6. The first-order valence-electron chi connectivity index (χ1n) is 8.76. The molecule has 0 bridgehead atoms. The van der Waals surface area contributed by atoms with E-state index in [1.54, 1.807) is 6.92 Å². The van der Waals surface area contributed by atoms with Crippen molar-refractivity contribution in [1.29, 1.82) is 0 Å². The standard InChI is InChI=1S/C21H28O5/c1-15(23)13-25-19-8-4-16(5-9-19)21(2,3)17-6-10-20(11-7-17)26-14-18(24)12-22/h4-11,15,18,22-24H,12-14H2,1-3H3. The molecule has 3 N–H and O–H groups in total. The lowest BCUT2D eigenvalue weighted by molar-refractivity contribution is 0.0536. The highest BCUT2D eigenvalue weighted by atomic mass is 16.5. The number of ether oxygens (including phenoxy) is 2. The lowest BCUT2D eigenvalue weighted by Crippen LogP contribution is -2.21. The summed E-state index contributed by atoms with van der Waals surface area (Å²) in [4.78, 5) is 0. The molecule has 0 aliphatic rings. The second-order valence-corrected chi connectivity index (χ2v) is 6.98. The normalized spacial score (nSPS) is 13.9. The van der Waals surface area contributed by atoms with Gasteiger partial charge in [0, 0.05) is 5.41 Å². The molecule has 2 unspecified atom stereocenters. The van der Waals surface area contributed by atoms with Crippen LogP contribution in [0.4, 0.5) is 0 Å². The lowest BCUT2D eigenvalue weighted by atomic mass is 9.78. The molecule has 26 heavy (non-hydrogen) atoms. The molecule has 0 radical (unpaired) electrons. The van der Waals surface area contributed by atoms with Crippen molar-refractivity contribution in [3.8, 4) is 11.5 Å². The topological polar surface area (TPSA) is 79.2 Å². The van der Waals surface area contributed by atoms with Crippen LogP contribution in [0.3, 0.4) is 0 Å². The minimum Gasteiger partial charge on any atom is -0.491 e. The summed E-state index contributed by atoms with van der Waals surface area (Å²) in [6.45, 7) is 5.99. The number of hydrogen-bond acceptors (Lipinski definition) is 5. The van der Waals surface area contributed by atoms with E-state index in [0.717, 1.165) is 16.9 Å². The van der Waals surface area contributed by atoms with E-state index in [1.165, 1.54) is 0 Å². The third kappa shape index (κ3) is 5.46. The minimum atomic E-state index is -0.874. The van der Waals surface area contributed by atoms with Crippen LogP contribution in [0.1, 0.15) is 31.9 Å².